The first-order valence-electron chi connectivity index (χ1n) is 9.90. The average molecular weight is 384 g/mol. The van der Waals surface area contributed by atoms with E-state index in [0.717, 1.165) is 61.1 Å². The van der Waals surface area contributed by atoms with Gasteiger partial charge in [0.1, 0.15) is 5.76 Å². The number of anilines is 2. The first-order valence-corrected chi connectivity index (χ1v) is 9.90. The number of amides is 1. The number of fused-ring (bicyclic) bond motifs is 1. The Hall–Kier alpha value is -2.64. The van der Waals surface area contributed by atoms with E-state index in [-0.39, 0.29) is 11.9 Å². The topological polar surface area (TPSA) is 78.6 Å². The number of carbonyl (C=O) groups excluding carboxylic acids is 1. The molecule has 150 valence electrons. The normalized spacial score (nSPS) is 21.7. The van der Waals surface area contributed by atoms with Gasteiger partial charge >= 0.3 is 0 Å². The first-order chi connectivity index (χ1) is 13.5. The molecule has 2 saturated heterocycles. The molecule has 2 atom stereocenters. The molecule has 0 bridgehead atoms. The third kappa shape index (κ3) is 3.31. The first kappa shape index (κ1) is 18.7. The van der Waals surface area contributed by atoms with Crippen LogP contribution in [-0.4, -0.2) is 65.7 Å². The molecular weight excluding hydrogens is 356 g/mol. The molecule has 8 nitrogen and oxygen atoms in total. The molecule has 2 aromatic rings. The van der Waals surface area contributed by atoms with E-state index in [1.54, 1.807) is 12.4 Å². The fourth-order valence-corrected chi connectivity index (χ4v) is 4.51. The van der Waals surface area contributed by atoms with Crippen molar-refractivity contribution in [1.82, 2.24) is 20.0 Å². The largest absolute Gasteiger partial charge is 0.361 e. The number of aryl methyl sites for hydroxylation is 2. The van der Waals surface area contributed by atoms with Gasteiger partial charge in [-0.2, -0.15) is 0 Å². The molecule has 4 heterocycles. The molecule has 2 aromatic heterocycles. The Balaban J connectivity index is 1.52. The number of hydrogen-bond donors (Lipinski definition) is 0. The summed E-state index contributed by atoms with van der Waals surface area (Å²) in [5.41, 5.74) is 1.73. The van der Waals surface area contributed by atoms with Crippen LogP contribution in [0.3, 0.4) is 0 Å². The monoisotopic (exact) mass is 384 g/mol. The molecule has 0 radical (unpaired) electrons. The van der Waals surface area contributed by atoms with Crippen molar-refractivity contribution in [2.24, 2.45) is 5.92 Å². The molecule has 0 N–H and O–H groups in total. The van der Waals surface area contributed by atoms with Crippen LogP contribution in [0.25, 0.3) is 0 Å². The average Bonchev–Trinajstić information content (AvgIpc) is 3.25. The Kier molecular flexibility index (Phi) is 4.95. The van der Waals surface area contributed by atoms with E-state index in [9.17, 15) is 4.79 Å². The molecule has 1 amide bonds. The quantitative estimate of drug-likeness (QED) is 0.795. The second-order valence-electron chi connectivity index (χ2n) is 8.02. The maximum Gasteiger partial charge on any atom is 0.227 e. The summed E-state index contributed by atoms with van der Waals surface area (Å²) in [6.07, 6.45) is 5.97. The fourth-order valence-electron chi connectivity index (χ4n) is 4.51. The van der Waals surface area contributed by atoms with Gasteiger partial charge in [0, 0.05) is 51.7 Å². The number of piperidine rings is 1. The molecular formula is C20H28N6O2. The summed E-state index contributed by atoms with van der Waals surface area (Å²) in [6.45, 7) is 6.34. The van der Waals surface area contributed by atoms with Crippen LogP contribution >= 0.6 is 0 Å². The number of rotatable bonds is 4. The van der Waals surface area contributed by atoms with E-state index in [4.69, 9.17) is 4.52 Å². The van der Waals surface area contributed by atoms with Gasteiger partial charge in [0.2, 0.25) is 5.91 Å². The molecule has 2 fully saturated rings. The van der Waals surface area contributed by atoms with Crippen molar-refractivity contribution in [2.45, 2.75) is 39.2 Å². The summed E-state index contributed by atoms with van der Waals surface area (Å²) in [5, 5.41) is 3.98. The van der Waals surface area contributed by atoms with Gasteiger partial charge in [0.25, 0.3) is 0 Å². The van der Waals surface area contributed by atoms with Gasteiger partial charge in [-0.15, -0.1) is 0 Å². The Bertz CT molecular complexity index is 845. The van der Waals surface area contributed by atoms with Crippen LogP contribution in [-0.2, 0) is 11.2 Å². The van der Waals surface area contributed by atoms with E-state index in [0.29, 0.717) is 12.3 Å². The van der Waals surface area contributed by atoms with Crippen molar-refractivity contribution in [3.63, 3.8) is 0 Å². The summed E-state index contributed by atoms with van der Waals surface area (Å²) < 4.78 is 5.23. The van der Waals surface area contributed by atoms with Crippen molar-refractivity contribution in [2.75, 3.05) is 43.5 Å². The van der Waals surface area contributed by atoms with Crippen LogP contribution in [0, 0.1) is 19.8 Å². The third-order valence-corrected chi connectivity index (χ3v) is 6.08. The van der Waals surface area contributed by atoms with Gasteiger partial charge in [-0.25, -0.2) is 9.97 Å². The lowest BCUT2D eigenvalue weighted by molar-refractivity contribution is -0.131. The van der Waals surface area contributed by atoms with Crippen molar-refractivity contribution in [3.8, 4) is 0 Å². The number of nitrogens with zero attached hydrogens (tertiary/aromatic N) is 6. The Morgan fingerprint density at radius 3 is 2.68 bits per heavy atom. The highest BCUT2D eigenvalue weighted by molar-refractivity contribution is 5.80. The minimum atomic E-state index is 0.163. The van der Waals surface area contributed by atoms with Crippen LogP contribution in [0.2, 0.25) is 0 Å². The zero-order chi connectivity index (χ0) is 19.8. The van der Waals surface area contributed by atoms with Crippen LogP contribution in [0.1, 0.15) is 29.9 Å². The summed E-state index contributed by atoms with van der Waals surface area (Å²) in [5.74, 6) is 3.23. The Labute approximate surface area is 165 Å². The van der Waals surface area contributed by atoms with Crippen molar-refractivity contribution in [3.05, 3.63) is 29.4 Å². The zero-order valence-corrected chi connectivity index (χ0v) is 17.1. The minimum Gasteiger partial charge on any atom is -0.361 e. The van der Waals surface area contributed by atoms with E-state index in [1.165, 1.54) is 0 Å². The summed E-state index contributed by atoms with van der Waals surface area (Å²) in [7, 11) is 3.96. The Morgan fingerprint density at radius 2 is 1.96 bits per heavy atom. The van der Waals surface area contributed by atoms with Crippen LogP contribution < -0.4 is 9.80 Å². The predicted octanol–water partition coefficient (Wildman–Crippen LogP) is 1.82. The highest BCUT2D eigenvalue weighted by atomic mass is 16.5. The molecule has 8 heteroatoms. The molecule has 2 unspecified atom stereocenters. The molecule has 0 aliphatic carbocycles. The van der Waals surface area contributed by atoms with E-state index < -0.39 is 0 Å². The third-order valence-electron chi connectivity index (χ3n) is 6.08. The molecule has 4 rings (SSSR count). The summed E-state index contributed by atoms with van der Waals surface area (Å²) in [4.78, 5) is 28.5. The van der Waals surface area contributed by atoms with Gasteiger partial charge in [0.05, 0.1) is 18.2 Å². The van der Waals surface area contributed by atoms with Crippen LogP contribution in [0.4, 0.5) is 11.6 Å². The molecule has 2 aliphatic rings. The van der Waals surface area contributed by atoms with Crippen molar-refractivity contribution < 1.29 is 9.32 Å². The summed E-state index contributed by atoms with van der Waals surface area (Å²) >= 11 is 0. The maximum atomic E-state index is 13.1. The number of aromatic nitrogens is 3. The molecule has 2 aliphatic heterocycles. The highest BCUT2D eigenvalue weighted by Crippen LogP contribution is 2.35. The lowest BCUT2D eigenvalue weighted by Gasteiger charge is -2.39. The second-order valence-corrected chi connectivity index (χ2v) is 8.02. The number of carbonyl (C=O) groups is 1. The highest BCUT2D eigenvalue weighted by Gasteiger charge is 2.41. The van der Waals surface area contributed by atoms with E-state index in [2.05, 4.69) is 24.9 Å². The second kappa shape index (κ2) is 7.41. The van der Waals surface area contributed by atoms with Crippen molar-refractivity contribution >= 4 is 17.5 Å². The Morgan fingerprint density at radius 1 is 1.21 bits per heavy atom. The standard InChI is InChI=1S/C20H28N6O2/c1-13-16(14(2)28-23-13)11-18(27)26-10-6-15-5-9-25(12-17(15)26)20-19(24(3)4)21-7-8-22-20/h7-8,15,17H,5-6,9-12H2,1-4H3. The molecule has 0 spiro atoms. The van der Waals surface area contributed by atoms with E-state index >= 15 is 0 Å². The van der Waals surface area contributed by atoms with Gasteiger partial charge < -0.3 is 19.2 Å². The number of hydrogen-bond acceptors (Lipinski definition) is 7. The van der Waals surface area contributed by atoms with Gasteiger partial charge in [-0.1, -0.05) is 5.16 Å². The van der Waals surface area contributed by atoms with E-state index in [1.807, 2.05) is 32.8 Å². The molecule has 28 heavy (non-hydrogen) atoms. The zero-order valence-electron chi connectivity index (χ0n) is 17.1. The van der Waals surface area contributed by atoms with Crippen molar-refractivity contribution in [1.29, 1.82) is 0 Å². The lowest BCUT2D eigenvalue weighted by atomic mass is 9.92. The maximum absolute atomic E-state index is 13.1. The SMILES string of the molecule is Cc1noc(C)c1CC(=O)N1CCC2CCN(c3nccnc3N(C)C)CC21. The predicted molar refractivity (Wildman–Crippen MR) is 106 cm³/mol. The van der Waals surface area contributed by atoms with Gasteiger partial charge in [-0.3, -0.25) is 4.79 Å². The summed E-state index contributed by atoms with van der Waals surface area (Å²) in [6, 6.07) is 0.221. The molecule has 0 aromatic carbocycles. The smallest absolute Gasteiger partial charge is 0.227 e. The minimum absolute atomic E-state index is 0.163. The molecule has 0 saturated carbocycles. The number of likely N-dealkylation sites (tertiary alicyclic amines) is 1. The fraction of sp³-hybridized carbons (Fsp3) is 0.600. The lowest BCUT2D eigenvalue weighted by Crippen LogP contribution is -2.50. The van der Waals surface area contributed by atoms with Crippen LogP contribution in [0.5, 0.6) is 0 Å². The van der Waals surface area contributed by atoms with Crippen LogP contribution in [0.15, 0.2) is 16.9 Å². The van der Waals surface area contributed by atoms with Gasteiger partial charge in [-0.05, 0) is 32.6 Å². The van der Waals surface area contributed by atoms with Gasteiger partial charge in [0.15, 0.2) is 11.6 Å².